The molecule has 11 rings (SSSR count). The highest BCUT2D eigenvalue weighted by Crippen LogP contribution is 2.39. The lowest BCUT2D eigenvalue weighted by Gasteiger charge is -2.11. The van der Waals surface area contributed by atoms with Crippen LogP contribution in [0.5, 0.6) is 0 Å². The number of benzene rings is 7. The van der Waals surface area contributed by atoms with Gasteiger partial charge in [0.15, 0.2) is 17.5 Å². The minimum Gasteiger partial charge on any atom is -0.309 e. The zero-order chi connectivity index (χ0) is 35.6. The summed E-state index contributed by atoms with van der Waals surface area (Å²) >= 11 is 0. The molecule has 0 atom stereocenters. The van der Waals surface area contributed by atoms with Gasteiger partial charge in [-0.1, -0.05) is 127 Å². The van der Waals surface area contributed by atoms with E-state index in [2.05, 4.69) is 124 Å². The predicted molar refractivity (Wildman–Crippen MR) is 218 cm³/mol. The molecule has 0 N–H and O–H groups in total. The first kappa shape index (κ1) is 30.1. The number of aromatic nitrogens is 7. The molecule has 0 saturated carbocycles. The van der Waals surface area contributed by atoms with Gasteiger partial charge in [0, 0.05) is 50.8 Å². The molecular weight excluding hydrogens is 663 g/mol. The molecule has 0 aliphatic heterocycles. The van der Waals surface area contributed by atoms with Gasteiger partial charge in [-0.25, -0.2) is 24.9 Å². The molecule has 0 amide bonds. The van der Waals surface area contributed by atoms with Crippen LogP contribution in [0.4, 0.5) is 0 Å². The molecule has 0 unspecified atom stereocenters. The maximum Gasteiger partial charge on any atom is 0.234 e. The quantitative estimate of drug-likeness (QED) is 0.180. The van der Waals surface area contributed by atoms with Crippen LogP contribution in [-0.2, 0) is 0 Å². The van der Waals surface area contributed by atoms with Crippen LogP contribution in [-0.4, -0.2) is 34.1 Å². The van der Waals surface area contributed by atoms with Crippen molar-refractivity contribution in [1.82, 2.24) is 34.1 Å². The van der Waals surface area contributed by atoms with Gasteiger partial charge in [-0.05, 0) is 47.2 Å². The van der Waals surface area contributed by atoms with Gasteiger partial charge in [0.05, 0.1) is 27.6 Å². The molecule has 7 heteroatoms. The van der Waals surface area contributed by atoms with Crippen molar-refractivity contribution in [2.24, 2.45) is 0 Å². The summed E-state index contributed by atoms with van der Waals surface area (Å²) in [5, 5.41) is 6.90. The summed E-state index contributed by atoms with van der Waals surface area (Å²) in [7, 11) is 0. The Morgan fingerprint density at radius 3 is 1.61 bits per heavy atom. The third-order valence-corrected chi connectivity index (χ3v) is 10.3. The van der Waals surface area contributed by atoms with E-state index in [-0.39, 0.29) is 0 Å². The smallest absolute Gasteiger partial charge is 0.234 e. The molecule has 0 saturated heterocycles. The minimum atomic E-state index is 0.509. The average Bonchev–Trinajstić information content (AvgIpc) is 3.75. The van der Waals surface area contributed by atoms with Crippen molar-refractivity contribution in [3.8, 4) is 45.8 Å². The Labute approximate surface area is 309 Å². The van der Waals surface area contributed by atoms with Gasteiger partial charge in [-0.2, -0.15) is 0 Å². The van der Waals surface area contributed by atoms with E-state index in [1.54, 1.807) is 0 Å². The molecule has 4 heterocycles. The lowest BCUT2D eigenvalue weighted by Crippen LogP contribution is -2.04. The highest BCUT2D eigenvalue weighted by molar-refractivity contribution is 6.19. The standard InChI is InChI=1S/C47H29N7/c1-3-15-31(16-4-1)44-50-45(52-46(51-44)37-23-13-17-30-14-7-8-20-34(30)37)32-28-48-47(49-29-32)54-41-25-12-10-22-36(41)39-26-38-35-21-9-11-24-40(35)53(42(38)27-43(39)54)33-18-5-2-6-19-33/h1-29H. The van der Waals surface area contributed by atoms with E-state index in [1.807, 2.05) is 60.9 Å². The van der Waals surface area contributed by atoms with E-state index < -0.39 is 0 Å². The van der Waals surface area contributed by atoms with Crippen LogP contribution >= 0.6 is 0 Å². The first-order chi connectivity index (χ1) is 26.8. The van der Waals surface area contributed by atoms with Crippen LogP contribution in [0, 0.1) is 0 Å². The second-order valence-electron chi connectivity index (χ2n) is 13.4. The summed E-state index contributed by atoms with van der Waals surface area (Å²) in [6, 6.07) is 56.7. The second kappa shape index (κ2) is 12.0. The van der Waals surface area contributed by atoms with Gasteiger partial charge in [0.1, 0.15) is 0 Å². The van der Waals surface area contributed by atoms with E-state index in [0.717, 1.165) is 60.4 Å². The Bertz CT molecular complexity index is 3200. The maximum absolute atomic E-state index is 5.02. The Morgan fingerprint density at radius 1 is 0.352 bits per heavy atom. The summed E-state index contributed by atoms with van der Waals surface area (Å²) < 4.78 is 4.50. The second-order valence-corrected chi connectivity index (χ2v) is 13.4. The van der Waals surface area contributed by atoms with Crippen molar-refractivity contribution in [1.29, 1.82) is 0 Å². The Balaban J connectivity index is 1.10. The van der Waals surface area contributed by atoms with E-state index in [1.165, 1.54) is 10.8 Å². The van der Waals surface area contributed by atoms with Gasteiger partial charge < -0.3 is 4.57 Å². The number of hydrogen-bond donors (Lipinski definition) is 0. The summed E-state index contributed by atoms with van der Waals surface area (Å²) in [5.74, 6) is 2.26. The molecule has 54 heavy (non-hydrogen) atoms. The van der Waals surface area contributed by atoms with Gasteiger partial charge in [-0.3, -0.25) is 4.57 Å². The molecule has 4 aromatic heterocycles. The largest absolute Gasteiger partial charge is 0.309 e. The Morgan fingerprint density at radius 2 is 0.889 bits per heavy atom. The van der Waals surface area contributed by atoms with Crippen LogP contribution in [0.2, 0.25) is 0 Å². The Hall–Kier alpha value is -7.51. The van der Waals surface area contributed by atoms with Crippen molar-refractivity contribution in [3.05, 3.63) is 176 Å². The number of para-hydroxylation sites is 3. The summed E-state index contributed by atoms with van der Waals surface area (Å²) in [4.78, 5) is 25.0. The van der Waals surface area contributed by atoms with E-state index in [4.69, 9.17) is 24.9 Å². The normalized spacial score (nSPS) is 11.7. The highest BCUT2D eigenvalue weighted by Gasteiger charge is 2.20. The first-order valence-electron chi connectivity index (χ1n) is 17.9. The third kappa shape index (κ3) is 4.72. The lowest BCUT2D eigenvalue weighted by atomic mass is 10.0. The number of rotatable bonds is 5. The number of nitrogens with zero attached hydrogens (tertiary/aromatic N) is 7. The summed E-state index contributed by atoms with van der Waals surface area (Å²) in [6.45, 7) is 0. The van der Waals surface area contributed by atoms with Crippen LogP contribution in [0.15, 0.2) is 176 Å². The van der Waals surface area contributed by atoms with Crippen molar-refractivity contribution >= 4 is 54.4 Å². The molecule has 7 aromatic carbocycles. The zero-order valence-electron chi connectivity index (χ0n) is 28.9. The molecule has 0 fully saturated rings. The summed E-state index contributed by atoms with van der Waals surface area (Å²) in [6.07, 6.45) is 3.64. The zero-order valence-corrected chi connectivity index (χ0v) is 28.9. The van der Waals surface area contributed by atoms with Crippen LogP contribution < -0.4 is 0 Å². The van der Waals surface area contributed by atoms with Crippen molar-refractivity contribution in [3.63, 3.8) is 0 Å². The Kier molecular flexibility index (Phi) is 6.72. The lowest BCUT2D eigenvalue weighted by molar-refractivity contribution is 0.982. The SMILES string of the molecule is c1ccc(-c2nc(-c3cnc(-n4c5ccccc5c5cc6c7ccccc7n(-c7ccccc7)c6cc54)nc3)nc(-c3cccc4ccccc34)n2)cc1. The molecule has 0 aliphatic carbocycles. The van der Waals surface area contributed by atoms with E-state index in [0.29, 0.717) is 29.0 Å². The molecular formula is C47H29N7. The molecule has 0 aliphatic rings. The third-order valence-electron chi connectivity index (χ3n) is 10.3. The van der Waals surface area contributed by atoms with Crippen molar-refractivity contribution in [2.45, 2.75) is 0 Å². The fraction of sp³-hybridized carbons (Fsp3) is 0. The van der Waals surface area contributed by atoms with Gasteiger partial charge in [0.25, 0.3) is 0 Å². The monoisotopic (exact) mass is 691 g/mol. The van der Waals surface area contributed by atoms with E-state index >= 15 is 0 Å². The number of hydrogen-bond acceptors (Lipinski definition) is 5. The average molecular weight is 692 g/mol. The molecule has 7 nitrogen and oxygen atoms in total. The van der Waals surface area contributed by atoms with E-state index in [9.17, 15) is 0 Å². The topological polar surface area (TPSA) is 74.3 Å². The van der Waals surface area contributed by atoms with Crippen molar-refractivity contribution < 1.29 is 0 Å². The molecule has 252 valence electrons. The molecule has 0 radical (unpaired) electrons. The minimum absolute atomic E-state index is 0.509. The maximum atomic E-state index is 5.02. The van der Waals surface area contributed by atoms with Crippen molar-refractivity contribution in [2.75, 3.05) is 0 Å². The molecule has 11 aromatic rings. The molecule has 0 spiro atoms. The highest BCUT2D eigenvalue weighted by atomic mass is 15.2. The van der Waals surface area contributed by atoms with Gasteiger partial charge >= 0.3 is 0 Å². The number of fused-ring (bicyclic) bond motifs is 7. The molecule has 0 bridgehead atoms. The first-order valence-corrected chi connectivity index (χ1v) is 17.9. The van der Waals surface area contributed by atoms with Gasteiger partial charge in [-0.15, -0.1) is 0 Å². The van der Waals surface area contributed by atoms with Crippen LogP contribution in [0.25, 0.3) is 100 Å². The van der Waals surface area contributed by atoms with Crippen LogP contribution in [0.1, 0.15) is 0 Å². The van der Waals surface area contributed by atoms with Crippen LogP contribution in [0.3, 0.4) is 0 Å². The fourth-order valence-electron chi connectivity index (χ4n) is 7.82. The van der Waals surface area contributed by atoms with Gasteiger partial charge in [0.2, 0.25) is 5.95 Å². The summed E-state index contributed by atoms with van der Waals surface area (Å²) in [5.41, 5.74) is 8.01. The predicted octanol–water partition coefficient (Wildman–Crippen LogP) is 11.0. The fourth-order valence-corrected chi connectivity index (χ4v) is 7.82.